The van der Waals surface area contributed by atoms with Crippen molar-refractivity contribution in [1.82, 2.24) is 5.32 Å². The molecule has 0 aromatic rings. The lowest BCUT2D eigenvalue weighted by atomic mass is 9.99. The van der Waals surface area contributed by atoms with E-state index in [4.69, 9.17) is 14.2 Å². The molecule has 0 aromatic heterocycles. The number of unbranched alkanes of at least 4 members (excludes halogenated alkanes) is 32. The summed E-state index contributed by atoms with van der Waals surface area (Å²) in [6.45, 7) is 5.74. The molecule has 0 aliphatic carbocycles. The molecule has 1 heterocycles. The normalized spacial score (nSPS) is 19.1. The number of carbonyl (C=O) groups is 2. The molecule has 1 aliphatic heterocycles. The Kier molecular flexibility index (Phi) is 55.5. The van der Waals surface area contributed by atoms with Crippen LogP contribution in [0.1, 0.15) is 297 Å². The van der Waals surface area contributed by atoms with Gasteiger partial charge in [0.2, 0.25) is 5.91 Å². The smallest absolute Gasteiger partial charge is 0.306 e. The van der Waals surface area contributed by atoms with E-state index >= 15 is 0 Å². The molecule has 8 unspecified atom stereocenters. The summed E-state index contributed by atoms with van der Waals surface area (Å²) in [5.74, 6) is -1.20. The number of nitrogens with one attached hydrogen (secondary N) is 1. The van der Waals surface area contributed by atoms with Crippen molar-refractivity contribution in [3.63, 3.8) is 0 Å². The summed E-state index contributed by atoms with van der Waals surface area (Å²) in [6, 6.07) is -1.03. The molecule has 1 aliphatic rings. The van der Waals surface area contributed by atoms with Gasteiger partial charge >= 0.3 is 5.97 Å². The lowest BCUT2D eigenvalue weighted by Gasteiger charge is -2.41. The van der Waals surface area contributed by atoms with Crippen LogP contribution in [0, 0.1) is 0 Å². The fourth-order valence-electron chi connectivity index (χ4n) is 10.3. The molecule has 1 saturated heterocycles. The molecule has 0 spiro atoms. The lowest BCUT2D eigenvalue weighted by Crippen LogP contribution is -2.61. The number of hydrogen-bond donors (Lipinski definition) is 6. The summed E-state index contributed by atoms with van der Waals surface area (Å²) < 4.78 is 17.7. The van der Waals surface area contributed by atoms with E-state index in [-0.39, 0.29) is 19.4 Å². The van der Waals surface area contributed by atoms with E-state index in [1.54, 1.807) is 6.08 Å². The topological polar surface area (TPSA) is 175 Å². The van der Waals surface area contributed by atoms with Gasteiger partial charge in [-0.1, -0.05) is 273 Å². The third kappa shape index (κ3) is 46.7. The van der Waals surface area contributed by atoms with Crippen LogP contribution in [-0.2, 0) is 23.8 Å². The van der Waals surface area contributed by atoms with E-state index in [0.29, 0.717) is 12.8 Å². The summed E-state index contributed by atoms with van der Waals surface area (Å²) in [6.07, 6.45) is 67.6. The Morgan fingerprint density at radius 3 is 1.27 bits per heavy atom. The number of ether oxygens (including phenoxy) is 3. The Morgan fingerprint density at radius 1 is 0.470 bits per heavy atom. The minimum Gasteiger partial charge on any atom is -0.454 e. The molecule has 1 amide bonds. The van der Waals surface area contributed by atoms with Gasteiger partial charge in [-0.15, -0.1) is 0 Å². The van der Waals surface area contributed by atoms with Crippen LogP contribution in [-0.4, -0.2) is 99.6 Å². The third-order valence-corrected chi connectivity index (χ3v) is 15.8. The van der Waals surface area contributed by atoms with E-state index in [9.17, 15) is 35.1 Å². The van der Waals surface area contributed by atoms with Crippen molar-refractivity contribution < 1.29 is 49.3 Å². The standard InChI is InChI=1S/C72H127NO10/c1-4-7-10-13-16-19-22-24-26-28-30-31-32-33-34-36-37-39-41-44-47-50-53-56-59-65(76)71(80)73-63(64(75)58-55-52-49-46-43-21-18-15-12-9-6-3)62-81-72-70(69(79)68(78)66(61-74)82-72)83-67(77)60-57-54-51-48-45-42-40-38-35-29-27-25-23-20-17-14-11-8-5-2/h16-17,19-20,24-27,30-31,33-34,55,58,63-66,68-70,72,74-76,78-79H,4-15,18,21-23,28-29,32,35-54,56-57,59-62H2,1-3H3,(H,73,80)/b19-16-,20-17-,26-24-,27-25-,31-30-,34-33-,58-55+. The van der Waals surface area contributed by atoms with Crippen LogP contribution in [0.15, 0.2) is 85.1 Å². The maximum absolute atomic E-state index is 13.5. The molecule has 0 bridgehead atoms. The van der Waals surface area contributed by atoms with Gasteiger partial charge in [0.1, 0.15) is 24.4 Å². The average molecular weight is 1170 g/mol. The number of aliphatic hydroxyl groups is 5. The predicted molar refractivity (Wildman–Crippen MR) is 347 cm³/mol. The zero-order chi connectivity index (χ0) is 60.3. The van der Waals surface area contributed by atoms with Crippen LogP contribution in [0.4, 0.5) is 0 Å². The van der Waals surface area contributed by atoms with Crippen molar-refractivity contribution in [2.45, 2.75) is 346 Å². The van der Waals surface area contributed by atoms with Crippen LogP contribution < -0.4 is 5.32 Å². The van der Waals surface area contributed by atoms with Gasteiger partial charge in [-0.2, -0.15) is 0 Å². The summed E-state index contributed by atoms with van der Waals surface area (Å²) in [5, 5.41) is 57.1. The zero-order valence-corrected chi connectivity index (χ0v) is 53.3. The molecule has 1 fully saturated rings. The summed E-state index contributed by atoms with van der Waals surface area (Å²) in [5.41, 5.74) is 0. The molecule has 1 rings (SSSR count). The number of rotatable bonds is 58. The van der Waals surface area contributed by atoms with Crippen molar-refractivity contribution in [2.24, 2.45) is 0 Å². The molecular formula is C72H127NO10. The fourth-order valence-corrected chi connectivity index (χ4v) is 10.3. The maximum atomic E-state index is 13.5. The monoisotopic (exact) mass is 1170 g/mol. The van der Waals surface area contributed by atoms with Crippen LogP contribution in [0.2, 0.25) is 0 Å². The molecule has 0 saturated carbocycles. The maximum Gasteiger partial charge on any atom is 0.306 e. The minimum absolute atomic E-state index is 0.116. The molecule has 0 radical (unpaired) electrons. The molecule has 8 atom stereocenters. The first-order valence-corrected chi connectivity index (χ1v) is 34.4. The fraction of sp³-hybridized carbons (Fsp3) is 0.778. The number of carbonyl (C=O) groups excluding carboxylic acids is 2. The molecule has 0 aromatic carbocycles. The number of amides is 1. The highest BCUT2D eigenvalue weighted by Crippen LogP contribution is 2.26. The zero-order valence-electron chi connectivity index (χ0n) is 53.3. The highest BCUT2D eigenvalue weighted by molar-refractivity contribution is 5.80. The predicted octanol–water partition coefficient (Wildman–Crippen LogP) is 17.3. The van der Waals surface area contributed by atoms with Gasteiger partial charge < -0.3 is 45.1 Å². The number of aliphatic hydroxyl groups excluding tert-OH is 5. The molecule has 11 heteroatoms. The van der Waals surface area contributed by atoms with E-state index in [2.05, 4.69) is 99.0 Å². The van der Waals surface area contributed by atoms with E-state index in [0.717, 1.165) is 103 Å². The van der Waals surface area contributed by atoms with Gasteiger partial charge in [0.25, 0.3) is 0 Å². The van der Waals surface area contributed by atoms with Crippen LogP contribution in [0.25, 0.3) is 0 Å². The van der Waals surface area contributed by atoms with Gasteiger partial charge in [0.05, 0.1) is 25.4 Å². The summed E-state index contributed by atoms with van der Waals surface area (Å²) in [4.78, 5) is 26.6. The first-order chi connectivity index (χ1) is 40.7. The van der Waals surface area contributed by atoms with Gasteiger partial charge in [0.15, 0.2) is 12.4 Å². The third-order valence-electron chi connectivity index (χ3n) is 15.8. The second kappa shape index (κ2) is 59.2. The Bertz CT molecular complexity index is 1670. The SMILES string of the molecule is CCCCC/C=C\C/C=C\C/C=C\C/C=C\CCCCCCCCCCC(O)C(=O)NC(COC1OC(CO)C(O)C(O)C1OC(=O)CCCCCCCCCCC/C=C\C/C=C\CCCCC)C(O)/C=C/CCCCCCCCCCC. The van der Waals surface area contributed by atoms with Crippen molar-refractivity contribution in [3.05, 3.63) is 85.1 Å². The molecule has 83 heavy (non-hydrogen) atoms. The van der Waals surface area contributed by atoms with Crippen molar-refractivity contribution in [1.29, 1.82) is 0 Å². The van der Waals surface area contributed by atoms with Gasteiger partial charge in [-0.3, -0.25) is 9.59 Å². The van der Waals surface area contributed by atoms with Gasteiger partial charge in [0, 0.05) is 6.42 Å². The largest absolute Gasteiger partial charge is 0.454 e. The number of esters is 1. The highest BCUT2D eigenvalue weighted by Gasteiger charge is 2.47. The van der Waals surface area contributed by atoms with Gasteiger partial charge in [-0.05, 0) is 103 Å². The average Bonchev–Trinajstić information content (AvgIpc) is 3.52. The van der Waals surface area contributed by atoms with E-state index in [1.807, 2.05) is 6.08 Å². The number of allylic oxidation sites excluding steroid dienone is 13. The van der Waals surface area contributed by atoms with Crippen LogP contribution in [0.5, 0.6) is 0 Å². The summed E-state index contributed by atoms with van der Waals surface area (Å²) >= 11 is 0. The van der Waals surface area contributed by atoms with Crippen molar-refractivity contribution >= 4 is 11.9 Å². The van der Waals surface area contributed by atoms with E-state index in [1.165, 1.54) is 148 Å². The minimum atomic E-state index is -1.62. The van der Waals surface area contributed by atoms with Gasteiger partial charge in [-0.25, -0.2) is 0 Å². The Balaban J connectivity index is 2.60. The second-order valence-electron chi connectivity index (χ2n) is 23.6. The Labute approximate surface area is 508 Å². The quantitative estimate of drug-likeness (QED) is 0.0195. The first kappa shape index (κ1) is 77.9. The molecule has 480 valence electrons. The molecule has 6 N–H and O–H groups in total. The lowest BCUT2D eigenvalue weighted by molar-refractivity contribution is -0.305. The Hall–Kier alpha value is -3.16. The molecule has 11 nitrogen and oxygen atoms in total. The highest BCUT2D eigenvalue weighted by atomic mass is 16.7. The van der Waals surface area contributed by atoms with Crippen LogP contribution >= 0.6 is 0 Å². The number of hydrogen-bond acceptors (Lipinski definition) is 10. The van der Waals surface area contributed by atoms with Crippen LogP contribution in [0.3, 0.4) is 0 Å². The second-order valence-corrected chi connectivity index (χ2v) is 23.6. The first-order valence-electron chi connectivity index (χ1n) is 34.4. The molecular weight excluding hydrogens is 1040 g/mol. The Morgan fingerprint density at radius 2 is 0.831 bits per heavy atom. The van der Waals surface area contributed by atoms with Crippen molar-refractivity contribution in [3.8, 4) is 0 Å². The van der Waals surface area contributed by atoms with E-state index < -0.39 is 67.4 Å². The van der Waals surface area contributed by atoms with Crippen molar-refractivity contribution in [2.75, 3.05) is 13.2 Å². The summed E-state index contributed by atoms with van der Waals surface area (Å²) in [7, 11) is 0.